The van der Waals surface area contributed by atoms with Crippen LogP contribution in [0.5, 0.6) is 0 Å². The van der Waals surface area contributed by atoms with Gasteiger partial charge in [-0.3, -0.25) is 4.79 Å². The summed E-state index contributed by atoms with van der Waals surface area (Å²) < 4.78 is 22.4. The Morgan fingerprint density at radius 2 is 1.94 bits per heavy atom. The molecule has 1 aliphatic rings. The van der Waals surface area contributed by atoms with Crippen molar-refractivity contribution in [3.63, 3.8) is 0 Å². The standard InChI is InChI=1S/C12H14ClNO3S/c13-18(16,17)11-7-3-6-10(8-11)14-12(15)9-4-1-2-5-9/h3,6-9H,1-2,4-5H2,(H,14,15). The third kappa shape index (κ3) is 3.23. The first-order chi connectivity index (χ1) is 8.47. The maximum Gasteiger partial charge on any atom is 0.261 e. The van der Waals surface area contributed by atoms with Crippen LogP contribution >= 0.6 is 10.7 Å². The molecule has 0 saturated heterocycles. The molecule has 98 valence electrons. The average Bonchev–Trinajstić information content (AvgIpc) is 2.81. The third-order valence-electron chi connectivity index (χ3n) is 3.11. The van der Waals surface area contributed by atoms with E-state index in [0.717, 1.165) is 25.7 Å². The lowest BCUT2D eigenvalue weighted by atomic mass is 10.1. The maximum atomic E-state index is 11.9. The van der Waals surface area contributed by atoms with Crippen LogP contribution in [0.2, 0.25) is 0 Å². The molecular weight excluding hydrogens is 274 g/mol. The molecule has 1 aromatic carbocycles. The van der Waals surface area contributed by atoms with Gasteiger partial charge in [-0.15, -0.1) is 0 Å². The lowest BCUT2D eigenvalue weighted by Crippen LogP contribution is -2.20. The number of nitrogens with one attached hydrogen (secondary N) is 1. The minimum atomic E-state index is -3.76. The fourth-order valence-electron chi connectivity index (χ4n) is 2.16. The van der Waals surface area contributed by atoms with Crippen LogP contribution in [0.4, 0.5) is 5.69 Å². The molecule has 6 heteroatoms. The maximum absolute atomic E-state index is 11.9. The number of carbonyl (C=O) groups excluding carboxylic acids is 1. The van der Waals surface area contributed by atoms with Gasteiger partial charge in [0.2, 0.25) is 5.91 Å². The molecule has 2 rings (SSSR count). The highest BCUT2D eigenvalue weighted by atomic mass is 35.7. The van der Waals surface area contributed by atoms with E-state index in [2.05, 4.69) is 5.32 Å². The highest BCUT2D eigenvalue weighted by Gasteiger charge is 2.22. The number of hydrogen-bond acceptors (Lipinski definition) is 3. The summed E-state index contributed by atoms with van der Waals surface area (Å²) in [7, 11) is 1.49. The van der Waals surface area contributed by atoms with E-state index in [1.165, 1.54) is 12.1 Å². The molecule has 18 heavy (non-hydrogen) atoms. The Bertz CT molecular complexity index is 550. The number of anilines is 1. The van der Waals surface area contributed by atoms with E-state index in [-0.39, 0.29) is 16.7 Å². The van der Waals surface area contributed by atoms with Crippen molar-refractivity contribution in [2.75, 3.05) is 5.32 Å². The minimum absolute atomic E-state index is 0.00612. The molecular formula is C12H14ClNO3S. The second kappa shape index (κ2) is 5.28. The van der Waals surface area contributed by atoms with Crippen LogP contribution in [0, 0.1) is 5.92 Å². The summed E-state index contributed by atoms with van der Waals surface area (Å²) >= 11 is 0. The number of rotatable bonds is 3. The van der Waals surface area contributed by atoms with Crippen molar-refractivity contribution in [2.24, 2.45) is 5.92 Å². The van der Waals surface area contributed by atoms with Crippen LogP contribution in [0.3, 0.4) is 0 Å². The Morgan fingerprint density at radius 3 is 2.56 bits per heavy atom. The normalized spacial score (nSPS) is 16.7. The van der Waals surface area contributed by atoms with Gasteiger partial charge >= 0.3 is 0 Å². The minimum Gasteiger partial charge on any atom is -0.326 e. The zero-order valence-electron chi connectivity index (χ0n) is 9.73. The van der Waals surface area contributed by atoms with Gasteiger partial charge in [-0.25, -0.2) is 8.42 Å². The molecule has 1 saturated carbocycles. The van der Waals surface area contributed by atoms with Gasteiger partial charge in [0, 0.05) is 22.3 Å². The Hall–Kier alpha value is -1.07. The number of carbonyl (C=O) groups is 1. The summed E-state index contributed by atoms with van der Waals surface area (Å²) in [6.45, 7) is 0. The molecule has 0 aromatic heterocycles. The SMILES string of the molecule is O=C(Nc1cccc(S(=O)(=O)Cl)c1)C1CCCC1. The van der Waals surface area contributed by atoms with Gasteiger partial charge in [0.05, 0.1) is 4.90 Å². The first-order valence-electron chi connectivity index (χ1n) is 5.82. The van der Waals surface area contributed by atoms with E-state index in [4.69, 9.17) is 10.7 Å². The fourth-order valence-corrected chi connectivity index (χ4v) is 2.95. The van der Waals surface area contributed by atoms with Crippen molar-refractivity contribution in [3.05, 3.63) is 24.3 Å². The second-order valence-corrected chi connectivity index (χ2v) is 7.00. The average molecular weight is 288 g/mol. The summed E-state index contributed by atoms with van der Waals surface area (Å²) in [4.78, 5) is 11.9. The van der Waals surface area contributed by atoms with Crippen molar-refractivity contribution >= 4 is 31.3 Å². The van der Waals surface area contributed by atoms with E-state index in [9.17, 15) is 13.2 Å². The molecule has 4 nitrogen and oxygen atoms in total. The summed E-state index contributed by atoms with van der Waals surface area (Å²) in [5.74, 6) is -0.00196. The zero-order valence-corrected chi connectivity index (χ0v) is 11.3. The van der Waals surface area contributed by atoms with Gasteiger partial charge in [0.25, 0.3) is 9.05 Å². The molecule has 1 N–H and O–H groups in total. The molecule has 0 radical (unpaired) electrons. The lowest BCUT2D eigenvalue weighted by molar-refractivity contribution is -0.119. The molecule has 1 fully saturated rings. The number of benzene rings is 1. The summed E-state index contributed by atoms with van der Waals surface area (Å²) in [6, 6.07) is 5.97. The third-order valence-corrected chi connectivity index (χ3v) is 4.46. The molecule has 0 bridgehead atoms. The monoisotopic (exact) mass is 287 g/mol. The first-order valence-corrected chi connectivity index (χ1v) is 8.13. The van der Waals surface area contributed by atoms with Crippen molar-refractivity contribution in [3.8, 4) is 0 Å². The second-order valence-electron chi connectivity index (χ2n) is 4.44. The van der Waals surface area contributed by atoms with Crippen LogP contribution in [0.25, 0.3) is 0 Å². The number of hydrogen-bond donors (Lipinski definition) is 1. The van der Waals surface area contributed by atoms with E-state index in [1.807, 2.05) is 0 Å². The van der Waals surface area contributed by atoms with Gasteiger partial charge in [-0.2, -0.15) is 0 Å². The molecule has 0 heterocycles. The Morgan fingerprint density at radius 1 is 1.28 bits per heavy atom. The van der Waals surface area contributed by atoms with Gasteiger partial charge in [-0.1, -0.05) is 18.9 Å². The van der Waals surface area contributed by atoms with E-state index < -0.39 is 9.05 Å². The molecule has 0 spiro atoms. The van der Waals surface area contributed by atoms with Crippen LogP contribution in [0.15, 0.2) is 29.2 Å². The largest absolute Gasteiger partial charge is 0.326 e. The Labute approximate surface area is 111 Å². The first kappa shape index (κ1) is 13.4. The summed E-state index contributed by atoms with van der Waals surface area (Å²) in [5.41, 5.74) is 0.466. The molecule has 0 atom stereocenters. The van der Waals surface area contributed by atoms with Crippen LogP contribution in [-0.2, 0) is 13.8 Å². The molecule has 1 aliphatic carbocycles. The van der Waals surface area contributed by atoms with Crippen molar-refractivity contribution < 1.29 is 13.2 Å². The zero-order chi connectivity index (χ0) is 13.2. The van der Waals surface area contributed by atoms with Crippen LogP contribution in [0.1, 0.15) is 25.7 Å². The summed E-state index contributed by atoms with van der Waals surface area (Å²) in [5, 5.41) is 2.73. The van der Waals surface area contributed by atoms with Gasteiger partial charge < -0.3 is 5.32 Å². The predicted molar refractivity (Wildman–Crippen MR) is 70.1 cm³/mol. The predicted octanol–water partition coefficient (Wildman–Crippen LogP) is 2.74. The number of halogens is 1. The van der Waals surface area contributed by atoms with E-state index >= 15 is 0 Å². The van der Waals surface area contributed by atoms with E-state index in [0.29, 0.717) is 5.69 Å². The quantitative estimate of drug-likeness (QED) is 0.870. The van der Waals surface area contributed by atoms with Crippen LogP contribution in [-0.4, -0.2) is 14.3 Å². The lowest BCUT2D eigenvalue weighted by Gasteiger charge is -2.10. The topological polar surface area (TPSA) is 63.2 Å². The van der Waals surface area contributed by atoms with Crippen LogP contribution < -0.4 is 5.32 Å². The smallest absolute Gasteiger partial charge is 0.261 e. The molecule has 1 amide bonds. The van der Waals surface area contributed by atoms with E-state index in [1.54, 1.807) is 12.1 Å². The van der Waals surface area contributed by atoms with Gasteiger partial charge in [-0.05, 0) is 31.0 Å². The van der Waals surface area contributed by atoms with Gasteiger partial charge in [0.15, 0.2) is 0 Å². The fraction of sp³-hybridized carbons (Fsp3) is 0.417. The van der Waals surface area contributed by atoms with Gasteiger partial charge in [0.1, 0.15) is 0 Å². The van der Waals surface area contributed by atoms with Crippen molar-refractivity contribution in [2.45, 2.75) is 30.6 Å². The van der Waals surface area contributed by atoms with Crippen molar-refractivity contribution in [1.82, 2.24) is 0 Å². The highest BCUT2D eigenvalue weighted by Crippen LogP contribution is 2.26. The Kier molecular flexibility index (Phi) is 3.92. The molecule has 1 aromatic rings. The molecule has 0 aliphatic heterocycles. The highest BCUT2D eigenvalue weighted by molar-refractivity contribution is 8.13. The molecule has 0 unspecified atom stereocenters. The number of amides is 1. The van der Waals surface area contributed by atoms with Crippen molar-refractivity contribution in [1.29, 1.82) is 0 Å². The summed E-state index contributed by atoms with van der Waals surface area (Å²) in [6.07, 6.45) is 3.96. The Balaban J connectivity index is 2.12.